The second-order valence-electron chi connectivity index (χ2n) is 6.52. The molecule has 0 aliphatic heterocycles. The van der Waals surface area contributed by atoms with Crippen LogP contribution < -0.4 is 0 Å². The van der Waals surface area contributed by atoms with E-state index >= 15 is 0 Å². The zero-order valence-corrected chi connectivity index (χ0v) is 14.3. The van der Waals surface area contributed by atoms with Gasteiger partial charge >= 0.3 is 5.97 Å². The van der Waals surface area contributed by atoms with Crippen molar-refractivity contribution >= 4 is 17.7 Å². The zero-order valence-electron chi connectivity index (χ0n) is 13.5. The molecule has 0 N–H and O–H groups in total. The molecule has 3 rings (SSSR count). The van der Waals surface area contributed by atoms with Crippen molar-refractivity contribution in [2.75, 3.05) is 5.75 Å². The summed E-state index contributed by atoms with van der Waals surface area (Å²) < 4.78 is 7.47. The molecule has 1 saturated carbocycles. The molecule has 0 saturated heterocycles. The lowest BCUT2D eigenvalue weighted by atomic mass is 10.2. The molecule has 0 aromatic carbocycles. The van der Waals surface area contributed by atoms with Gasteiger partial charge in [0.25, 0.3) is 0 Å². The predicted octanol–water partition coefficient (Wildman–Crippen LogP) is 3.11. The van der Waals surface area contributed by atoms with Crippen LogP contribution in [0.5, 0.6) is 0 Å². The second-order valence-corrected chi connectivity index (χ2v) is 7.46. The van der Waals surface area contributed by atoms with Crippen molar-refractivity contribution in [3.8, 4) is 11.4 Å². The summed E-state index contributed by atoms with van der Waals surface area (Å²) in [7, 11) is 0. The van der Waals surface area contributed by atoms with E-state index in [1.165, 1.54) is 11.8 Å². The molecule has 2 heterocycles. The molecule has 2 aromatic rings. The van der Waals surface area contributed by atoms with Gasteiger partial charge in [0.2, 0.25) is 0 Å². The molecule has 0 bridgehead atoms. The van der Waals surface area contributed by atoms with E-state index in [9.17, 15) is 4.79 Å². The van der Waals surface area contributed by atoms with Gasteiger partial charge in [-0.2, -0.15) is 0 Å². The Morgan fingerprint density at radius 3 is 2.61 bits per heavy atom. The molecule has 0 unspecified atom stereocenters. The molecule has 7 heteroatoms. The largest absolute Gasteiger partial charge is 0.459 e. The Morgan fingerprint density at radius 1 is 1.30 bits per heavy atom. The van der Waals surface area contributed by atoms with E-state index in [-0.39, 0.29) is 11.7 Å². The number of thioether (sulfide) groups is 1. The van der Waals surface area contributed by atoms with Gasteiger partial charge < -0.3 is 4.74 Å². The predicted molar refractivity (Wildman–Crippen MR) is 88.1 cm³/mol. The average Bonchev–Trinajstić information content (AvgIpc) is 3.24. The maximum Gasteiger partial charge on any atom is 0.316 e. The molecule has 6 nitrogen and oxygen atoms in total. The Bertz CT molecular complexity index is 690. The van der Waals surface area contributed by atoms with Gasteiger partial charge in [-0.3, -0.25) is 14.3 Å². The van der Waals surface area contributed by atoms with E-state index < -0.39 is 5.60 Å². The number of esters is 1. The third-order valence-electron chi connectivity index (χ3n) is 3.25. The van der Waals surface area contributed by atoms with Crippen LogP contribution in [0.1, 0.15) is 39.7 Å². The molecule has 1 aliphatic carbocycles. The third-order valence-corrected chi connectivity index (χ3v) is 4.17. The van der Waals surface area contributed by atoms with Gasteiger partial charge in [0.1, 0.15) is 5.60 Å². The minimum atomic E-state index is -0.468. The van der Waals surface area contributed by atoms with Crippen LogP contribution in [-0.2, 0) is 9.53 Å². The summed E-state index contributed by atoms with van der Waals surface area (Å²) in [6, 6.07) is 4.27. The molecule has 0 spiro atoms. The van der Waals surface area contributed by atoms with Gasteiger partial charge in [-0.15, -0.1) is 10.2 Å². The summed E-state index contributed by atoms with van der Waals surface area (Å²) >= 11 is 1.38. The molecular formula is C16H20N4O2S. The van der Waals surface area contributed by atoms with Crippen LogP contribution >= 0.6 is 11.8 Å². The second kappa shape index (κ2) is 6.31. The highest BCUT2D eigenvalue weighted by Gasteiger charge is 2.30. The number of rotatable bonds is 5. The topological polar surface area (TPSA) is 69.9 Å². The minimum Gasteiger partial charge on any atom is -0.459 e. The zero-order chi connectivity index (χ0) is 16.4. The molecule has 0 amide bonds. The van der Waals surface area contributed by atoms with E-state index in [1.54, 1.807) is 12.4 Å². The van der Waals surface area contributed by atoms with E-state index in [4.69, 9.17) is 4.74 Å². The molecule has 1 aliphatic rings. The van der Waals surface area contributed by atoms with Crippen molar-refractivity contribution in [2.24, 2.45) is 0 Å². The third kappa shape index (κ3) is 4.10. The number of hydrogen-bond donors (Lipinski definition) is 0. The Labute approximate surface area is 139 Å². The summed E-state index contributed by atoms with van der Waals surface area (Å²) in [5, 5.41) is 9.35. The van der Waals surface area contributed by atoms with Crippen LogP contribution in [0.25, 0.3) is 11.4 Å². The summed E-state index contributed by atoms with van der Waals surface area (Å²) in [5.74, 6) is 0.832. The van der Waals surface area contributed by atoms with Crippen molar-refractivity contribution < 1.29 is 9.53 Å². The fraction of sp³-hybridized carbons (Fsp3) is 0.500. The first-order valence-corrected chi connectivity index (χ1v) is 8.62. The van der Waals surface area contributed by atoms with Crippen LogP contribution in [0.15, 0.2) is 29.7 Å². The summed E-state index contributed by atoms with van der Waals surface area (Å²) in [6.45, 7) is 5.59. The number of hydrogen-bond acceptors (Lipinski definition) is 6. The van der Waals surface area contributed by atoms with Crippen LogP contribution in [0, 0.1) is 0 Å². The maximum absolute atomic E-state index is 11.9. The van der Waals surface area contributed by atoms with Gasteiger partial charge in [0.05, 0.1) is 5.75 Å². The molecule has 2 aromatic heterocycles. The SMILES string of the molecule is CC(C)(C)OC(=O)CSc1nnc(-c2ccncc2)n1C1CC1. The van der Waals surface area contributed by atoms with Gasteiger partial charge in [0.15, 0.2) is 11.0 Å². The van der Waals surface area contributed by atoms with E-state index in [2.05, 4.69) is 19.7 Å². The number of pyridine rings is 1. The Morgan fingerprint density at radius 2 is 2.00 bits per heavy atom. The van der Waals surface area contributed by atoms with E-state index in [1.807, 2.05) is 32.9 Å². The number of ether oxygens (including phenoxy) is 1. The van der Waals surface area contributed by atoms with Crippen molar-refractivity contribution in [1.29, 1.82) is 0 Å². The first-order valence-electron chi connectivity index (χ1n) is 7.64. The highest BCUT2D eigenvalue weighted by molar-refractivity contribution is 7.99. The highest BCUT2D eigenvalue weighted by atomic mass is 32.2. The Kier molecular flexibility index (Phi) is 4.39. The van der Waals surface area contributed by atoms with Crippen molar-refractivity contribution in [3.63, 3.8) is 0 Å². The molecule has 0 radical (unpaired) electrons. The molecule has 23 heavy (non-hydrogen) atoms. The molecular weight excluding hydrogens is 312 g/mol. The lowest BCUT2D eigenvalue weighted by Crippen LogP contribution is -2.25. The Hall–Kier alpha value is -1.89. The monoisotopic (exact) mass is 332 g/mol. The lowest BCUT2D eigenvalue weighted by Gasteiger charge is -2.19. The maximum atomic E-state index is 11.9. The normalized spacial score (nSPS) is 14.7. The van der Waals surface area contributed by atoms with Crippen molar-refractivity contribution in [2.45, 2.75) is 50.4 Å². The van der Waals surface area contributed by atoms with E-state index in [0.29, 0.717) is 6.04 Å². The number of nitrogens with zero attached hydrogens (tertiary/aromatic N) is 4. The van der Waals surface area contributed by atoms with Crippen molar-refractivity contribution in [1.82, 2.24) is 19.7 Å². The fourth-order valence-corrected chi connectivity index (χ4v) is 3.01. The van der Waals surface area contributed by atoms with Crippen LogP contribution in [0.4, 0.5) is 0 Å². The number of carbonyl (C=O) groups excluding carboxylic acids is 1. The van der Waals surface area contributed by atoms with Crippen LogP contribution in [-0.4, -0.2) is 37.1 Å². The van der Waals surface area contributed by atoms with Gasteiger partial charge in [-0.1, -0.05) is 11.8 Å². The van der Waals surface area contributed by atoms with Gasteiger partial charge in [-0.25, -0.2) is 0 Å². The minimum absolute atomic E-state index is 0.235. The fourth-order valence-electron chi connectivity index (χ4n) is 2.23. The summed E-state index contributed by atoms with van der Waals surface area (Å²) in [6.07, 6.45) is 5.73. The average molecular weight is 332 g/mol. The molecule has 0 atom stereocenters. The van der Waals surface area contributed by atoms with Gasteiger partial charge in [0, 0.05) is 24.0 Å². The smallest absolute Gasteiger partial charge is 0.316 e. The standard InChI is InChI=1S/C16H20N4O2S/c1-16(2,3)22-13(21)10-23-15-19-18-14(20(15)12-4-5-12)11-6-8-17-9-7-11/h6-9,12H,4-5,10H2,1-3H3. The van der Waals surface area contributed by atoms with Crippen LogP contribution in [0.2, 0.25) is 0 Å². The number of aromatic nitrogens is 4. The van der Waals surface area contributed by atoms with Crippen LogP contribution in [0.3, 0.4) is 0 Å². The first kappa shape index (κ1) is 16.0. The quantitative estimate of drug-likeness (QED) is 0.619. The highest BCUT2D eigenvalue weighted by Crippen LogP contribution is 2.40. The first-order chi connectivity index (χ1) is 10.9. The Balaban J connectivity index is 1.76. The van der Waals surface area contributed by atoms with E-state index in [0.717, 1.165) is 29.4 Å². The summed E-state index contributed by atoms with van der Waals surface area (Å²) in [5.41, 5.74) is 0.521. The lowest BCUT2D eigenvalue weighted by molar-refractivity contribution is -0.151. The molecule has 122 valence electrons. The van der Waals surface area contributed by atoms with Gasteiger partial charge in [-0.05, 0) is 45.7 Å². The van der Waals surface area contributed by atoms with Crippen molar-refractivity contribution in [3.05, 3.63) is 24.5 Å². The molecule has 1 fully saturated rings. The number of carbonyl (C=O) groups is 1. The summed E-state index contributed by atoms with van der Waals surface area (Å²) in [4.78, 5) is 15.9.